The molecule has 160 valence electrons. The van der Waals surface area contributed by atoms with Crippen molar-refractivity contribution in [3.05, 3.63) is 29.8 Å². The summed E-state index contributed by atoms with van der Waals surface area (Å²) in [5, 5.41) is 6.03. The van der Waals surface area contributed by atoms with Gasteiger partial charge in [-0.15, -0.1) is 12.4 Å². The number of ketones is 1. The lowest BCUT2D eigenvalue weighted by Crippen LogP contribution is -2.44. The third-order valence-corrected chi connectivity index (χ3v) is 5.93. The predicted octanol–water partition coefficient (Wildman–Crippen LogP) is 1.80. The van der Waals surface area contributed by atoms with Crippen LogP contribution in [0.15, 0.2) is 24.3 Å². The molecule has 8 heteroatoms. The number of hydrogen-bond donors (Lipinski definition) is 2. The van der Waals surface area contributed by atoms with Gasteiger partial charge in [0.05, 0.1) is 13.7 Å². The van der Waals surface area contributed by atoms with Gasteiger partial charge in [-0.1, -0.05) is 0 Å². The van der Waals surface area contributed by atoms with Crippen molar-refractivity contribution in [2.75, 3.05) is 39.8 Å². The highest BCUT2D eigenvalue weighted by atomic mass is 35.5. The summed E-state index contributed by atoms with van der Waals surface area (Å²) in [5.74, 6) is 0.252. The summed E-state index contributed by atoms with van der Waals surface area (Å²) >= 11 is 0. The van der Waals surface area contributed by atoms with E-state index in [1.54, 1.807) is 31.4 Å². The molecule has 2 saturated heterocycles. The van der Waals surface area contributed by atoms with Crippen LogP contribution < -0.4 is 15.4 Å². The summed E-state index contributed by atoms with van der Waals surface area (Å²) in [6, 6.07) is 6.75. The van der Waals surface area contributed by atoms with E-state index < -0.39 is 0 Å². The smallest absolute Gasteiger partial charge is 0.223 e. The van der Waals surface area contributed by atoms with Gasteiger partial charge in [-0.3, -0.25) is 14.4 Å². The largest absolute Gasteiger partial charge is 0.497 e. The second-order valence-electron chi connectivity index (χ2n) is 7.74. The van der Waals surface area contributed by atoms with Gasteiger partial charge in [0.1, 0.15) is 5.75 Å². The molecule has 1 aromatic rings. The molecule has 0 saturated carbocycles. The highest BCUT2D eigenvalue weighted by molar-refractivity contribution is 5.99. The van der Waals surface area contributed by atoms with Gasteiger partial charge >= 0.3 is 0 Å². The van der Waals surface area contributed by atoms with E-state index in [4.69, 9.17) is 4.74 Å². The van der Waals surface area contributed by atoms with Gasteiger partial charge in [-0.05, 0) is 55.5 Å². The van der Waals surface area contributed by atoms with Crippen LogP contribution in [0.3, 0.4) is 0 Å². The lowest BCUT2D eigenvalue weighted by molar-refractivity contribution is -0.135. The molecule has 0 bridgehead atoms. The normalized spacial score (nSPS) is 17.5. The van der Waals surface area contributed by atoms with E-state index >= 15 is 0 Å². The fraction of sp³-hybridized carbons (Fsp3) is 0.571. The molecule has 2 amide bonds. The number of benzene rings is 1. The Kier molecular flexibility index (Phi) is 8.46. The quantitative estimate of drug-likeness (QED) is 0.653. The van der Waals surface area contributed by atoms with Crippen LogP contribution in [-0.4, -0.2) is 62.3 Å². The third-order valence-electron chi connectivity index (χ3n) is 5.93. The maximum Gasteiger partial charge on any atom is 0.223 e. The molecule has 7 nitrogen and oxygen atoms in total. The van der Waals surface area contributed by atoms with E-state index in [2.05, 4.69) is 10.6 Å². The minimum absolute atomic E-state index is 0. The minimum atomic E-state index is -0.274. The second kappa shape index (κ2) is 10.6. The summed E-state index contributed by atoms with van der Waals surface area (Å²) < 4.78 is 5.06. The number of halogens is 1. The van der Waals surface area contributed by atoms with Gasteiger partial charge in [-0.25, -0.2) is 0 Å². The van der Waals surface area contributed by atoms with Gasteiger partial charge in [0.15, 0.2) is 5.78 Å². The first-order chi connectivity index (χ1) is 13.5. The zero-order valence-electron chi connectivity index (χ0n) is 16.9. The zero-order valence-corrected chi connectivity index (χ0v) is 17.7. The molecule has 3 rings (SSSR count). The molecule has 2 aliphatic rings. The number of ether oxygens (including phenoxy) is 1. The molecule has 2 N–H and O–H groups in total. The molecule has 2 heterocycles. The molecule has 2 aliphatic heterocycles. The summed E-state index contributed by atoms with van der Waals surface area (Å²) in [4.78, 5) is 38.4. The summed E-state index contributed by atoms with van der Waals surface area (Å²) in [5.41, 5.74) is 0.886. The van der Waals surface area contributed by atoms with Gasteiger partial charge in [-0.2, -0.15) is 0 Å². The maximum absolute atomic E-state index is 12.4. The Morgan fingerprint density at radius 3 is 2.38 bits per heavy atom. The molecule has 0 radical (unpaired) electrons. The standard InChI is InChI=1S/C21H29N3O4.ClH/c1-28-17-4-2-16(3-5-17)18(25)14-23-19(26)6-7-20(27)24-12-9-21(10-13-24)8-11-22-15-21;/h2-5,22H,6-15H2,1H3,(H,23,26);1H. The number of amides is 2. The van der Waals surface area contributed by atoms with Crippen molar-refractivity contribution in [1.82, 2.24) is 15.5 Å². The molecule has 29 heavy (non-hydrogen) atoms. The number of likely N-dealkylation sites (tertiary alicyclic amines) is 1. The van der Waals surface area contributed by atoms with Crippen LogP contribution in [-0.2, 0) is 9.59 Å². The zero-order chi connectivity index (χ0) is 20.0. The predicted molar refractivity (Wildman–Crippen MR) is 113 cm³/mol. The molecule has 0 unspecified atom stereocenters. The highest BCUT2D eigenvalue weighted by Crippen LogP contribution is 2.37. The summed E-state index contributed by atoms with van der Waals surface area (Å²) in [7, 11) is 1.56. The molecule has 0 aliphatic carbocycles. The van der Waals surface area contributed by atoms with E-state index in [-0.39, 0.29) is 49.4 Å². The number of nitrogens with one attached hydrogen (secondary N) is 2. The van der Waals surface area contributed by atoms with Crippen LogP contribution in [0.2, 0.25) is 0 Å². The molecule has 0 atom stereocenters. The molecule has 0 aromatic heterocycles. The van der Waals surface area contributed by atoms with Crippen LogP contribution in [0.5, 0.6) is 5.75 Å². The summed E-state index contributed by atoms with van der Waals surface area (Å²) in [6.07, 6.45) is 3.56. The number of carbonyl (C=O) groups excluding carboxylic acids is 3. The molecule has 2 fully saturated rings. The summed E-state index contributed by atoms with van der Waals surface area (Å²) in [6.45, 7) is 3.61. The van der Waals surface area contributed by atoms with Crippen LogP contribution in [0, 0.1) is 5.41 Å². The monoisotopic (exact) mass is 423 g/mol. The average Bonchev–Trinajstić information content (AvgIpc) is 3.18. The fourth-order valence-electron chi connectivity index (χ4n) is 3.98. The van der Waals surface area contributed by atoms with Crippen molar-refractivity contribution in [3.63, 3.8) is 0 Å². The first-order valence-electron chi connectivity index (χ1n) is 9.94. The average molecular weight is 424 g/mol. The van der Waals surface area contributed by atoms with Crippen LogP contribution in [0.25, 0.3) is 0 Å². The number of hydrogen-bond acceptors (Lipinski definition) is 5. The Hall–Kier alpha value is -2.12. The molecular weight excluding hydrogens is 394 g/mol. The SMILES string of the molecule is COc1ccc(C(=O)CNC(=O)CCC(=O)N2CCC3(CCNC3)CC2)cc1.Cl. The first-order valence-corrected chi connectivity index (χ1v) is 9.94. The van der Waals surface area contributed by atoms with Gasteiger partial charge < -0.3 is 20.3 Å². The molecule has 1 spiro atoms. The van der Waals surface area contributed by atoms with Crippen LogP contribution >= 0.6 is 12.4 Å². The van der Waals surface area contributed by atoms with Crippen molar-refractivity contribution >= 4 is 30.0 Å². The molecule has 1 aromatic carbocycles. The second-order valence-corrected chi connectivity index (χ2v) is 7.74. The van der Waals surface area contributed by atoms with Gasteiger partial charge in [0.25, 0.3) is 0 Å². The van der Waals surface area contributed by atoms with E-state index in [9.17, 15) is 14.4 Å². The van der Waals surface area contributed by atoms with E-state index in [0.717, 1.165) is 39.0 Å². The number of nitrogens with zero attached hydrogens (tertiary/aromatic N) is 1. The van der Waals surface area contributed by atoms with Crippen LogP contribution in [0.4, 0.5) is 0 Å². The highest BCUT2D eigenvalue weighted by Gasteiger charge is 2.37. The van der Waals surface area contributed by atoms with E-state index in [0.29, 0.717) is 16.7 Å². The number of carbonyl (C=O) groups is 3. The van der Waals surface area contributed by atoms with Crippen LogP contribution in [0.1, 0.15) is 42.5 Å². The van der Waals surface area contributed by atoms with Crippen molar-refractivity contribution in [2.24, 2.45) is 5.41 Å². The fourth-order valence-corrected chi connectivity index (χ4v) is 3.98. The topological polar surface area (TPSA) is 87.7 Å². The Labute approximate surface area is 178 Å². The Morgan fingerprint density at radius 1 is 1.10 bits per heavy atom. The number of Topliss-reactive ketones (excluding diaryl/α,β-unsaturated/α-hetero) is 1. The van der Waals surface area contributed by atoms with Crippen molar-refractivity contribution in [1.29, 1.82) is 0 Å². The van der Waals surface area contributed by atoms with Gasteiger partial charge in [0.2, 0.25) is 11.8 Å². The lowest BCUT2D eigenvalue weighted by Gasteiger charge is -2.38. The first kappa shape index (κ1) is 23.2. The number of piperidine rings is 1. The lowest BCUT2D eigenvalue weighted by atomic mass is 9.78. The Morgan fingerprint density at radius 2 is 1.79 bits per heavy atom. The number of rotatable bonds is 7. The van der Waals surface area contributed by atoms with Gasteiger partial charge in [0, 0.05) is 38.0 Å². The van der Waals surface area contributed by atoms with Crippen molar-refractivity contribution in [2.45, 2.75) is 32.1 Å². The third kappa shape index (κ3) is 6.18. The van der Waals surface area contributed by atoms with E-state index in [1.165, 1.54) is 6.42 Å². The maximum atomic E-state index is 12.4. The molecular formula is C21H30ClN3O4. The van der Waals surface area contributed by atoms with Crippen molar-refractivity contribution < 1.29 is 19.1 Å². The van der Waals surface area contributed by atoms with E-state index in [1.807, 2.05) is 4.90 Å². The Bertz CT molecular complexity index is 707. The Balaban J connectivity index is 0.00000300. The minimum Gasteiger partial charge on any atom is -0.497 e. The van der Waals surface area contributed by atoms with Crippen molar-refractivity contribution in [3.8, 4) is 5.75 Å². The number of methoxy groups -OCH3 is 1.